The minimum atomic E-state index is 0.219. The molecule has 14 heavy (non-hydrogen) atoms. The minimum absolute atomic E-state index is 0.219. The van der Waals surface area contributed by atoms with Gasteiger partial charge in [-0.25, -0.2) is 0 Å². The van der Waals surface area contributed by atoms with E-state index in [0.717, 1.165) is 18.8 Å². The fourth-order valence-corrected chi connectivity index (χ4v) is 1.58. The lowest BCUT2D eigenvalue weighted by atomic mass is 10.3. The molecule has 4 heteroatoms. The Morgan fingerprint density at radius 2 is 2.29 bits per heavy atom. The largest absolute Gasteiger partial charge is 0.395 e. The average molecular weight is 193 g/mol. The van der Waals surface area contributed by atoms with E-state index in [4.69, 9.17) is 5.11 Å². The van der Waals surface area contributed by atoms with Crippen molar-refractivity contribution in [2.24, 2.45) is 0 Å². The maximum absolute atomic E-state index is 8.91. The Hall–Kier alpha value is -1.00. The number of nitrogens with zero attached hydrogens (tertiary/aromatic N) is 3. The van der Waals surface area contributed by atoms with Crippen molar-refractivity contribution in [1.82, 2.24) is 14.9 Å². The Kier molecular flexibility index (Phi) is 3.06. The van der Waals surface area contributed by atoms with Gasteiger partial charge in [-0.15, -0.1) is 0 Å². The van der Waals surface area contributed by atoms with Crippen LogP contribution in [0.1, 0.15) is 18.5 Å². The van der Waals surface area contributed by atoms with E-state index in [1.807, 2.05) is 0 Å². The summed E-state index contributed by atoms with van der Waals surface area (Å²) in [6, 6.07) is 0.657. The summed E-state index contributed by atoms with van der Waals surface area (Å²) in [6.45, 7) is 1.76. The molecule has 0 aromatic carbocycles. The van der Waals surface area contributed by atoms with Crippen LogP contribution >= 0.6 is 0 Å². The minimum Gasteiger partial charge on any atom is -0.395 e. The number of rotatable bonds is 5. The van der Waals surface area contributed by atoms with Gasteiger partial charge in [0.1, 0.15) is 0 Å². The van der Waals surface area contributed by atoms with Gasteiger partial charge in [0.25, 0.3) is 0 Å². The Labute approximate surface area is 83.6 Å². The molecule has 1 N–H and O–H groups in total. The predicted octanol–water partition coefficient (Wildman–Crippen LogP) is 0.433. The SMILES string of the molecule is OCCN(Cc1cnccn1)C1CC1. The van der Waals surface area contributed by atoms with E-state index in [-0.39, 0.29) is 6.61 Å². The molecular formula is C10H15N3O. The molecule has 0 spiro atoms. The first-order valence-corrected chi connectivity index (χ1v) is 5.00. The van der Waals surface area contributed by atoms with Crippen molar-refractivity contribution in [2.75, 3.05) is 13.2 Å². The van der Waals surface area contributed by atoms with Crippen LogP contribution in [0.5, 0.6) is 0 Å². The highest BCUT2D eigenvalue weighted by Crippen LogP contribution is 2.27. The Morgan fingerprint density at radius 3 is 2.86 bits per heavy atom. The molecule has 0 saturated heterocycles. The molecule has 1 heterocycles. The second-order valence-corrected chi connectivity index (χ2v) is 3.62. The van der Waals surface area contributed by atoms with Crippen molar-refractivity contribution >= 4 is 0 Å². The molecule has 0 unspecified atom stereocenters. The summed E-state index contributed by atoms with van der Waals surface area (Å²) in [5.74, 6) is 0. The predicted molar refractivity (Wildman–Crippen MR) is 52.5 cm³/mol. The normalized spacial score (nSPS) is 16.1. The lowest BCUT2D eigenvalue weighted by molar-refractivity contribution is 0.182. The second-order valence-electron chi connectivity index (χ2n) is 3.62. The molecule has 0 amide bonds. The number of hydrogen-bond donors (Lipinski definition) is 1. The molecule has 76 valence electrons. The van der Waals surface area contributed by atoms with Crippen LogP contribution in [0, 0.1) is 0 Å². The zero-order valence-electron chi connectivity index (χ0n) is 8.13. The first kappa shape index (κ1) is 9.55. The number of aliphatic hydroxyl groups is 1. The van der Waals surface area contributed by atoms with Crippen molar-refractivity contribution in [3.8, 4) is 0 Å². The standard InChI is InChI=1S/C10H15N3O/c14-6-5-13(10-1-2-10)8-9-7-11-3-4-12-9/h3-4,7,10,14H,1-2,5-6,8H2. The smallest absolute Gasteiger partial charge is 0.0726 e. The van der Waals surface area contributed by atoms with Crippen molar-refractivity contribution in [3.05, 3.63) is 24.3 Å². The summed E-state index contributed by atoms with van der Waals surface area (Å²) in [5, 5.41) is 8.91. The average Bonchev–Trinajstić information content (AvgIpc) is 3.02. The van der Waals surface area contributed by atoms with Gasteiger partial charge < -0.3 is 5.11 Å². The van der Waals surface area contributed by atoms with Gasteiger partial charge in [-0.05, 0) is 12.8 Å². The highest BCUT2D eigenvalue weighted by molar-refractivity contribution is 4.97. The first-order valence-electron chi connectivity index (χ1n) is 5.00. The summed E-state index contributed by atoms with van der Waals surface area (Å²) in [4.78, 5) is 10.5. The third kappa shape index (κ3) is 2.49. The van der Waals surface area contributed by atoms with Gasteiger partial charge in [-0.2, -0.15) is 0 Å². The molecule has 1 aliphatic rings. The van der Waals surface area contributed by atoms with Crippen LogP contribution in [0.4, 0.5) is 0 Å². The van der Waals surface area contributed by atoms with Crippen LogP contribution in [0.2, 0.25) is 0 Å². The third-order valence-corrected chi connectivity index (χ3v) is 2.43. The number of aromatic nitrogens is 2. The molecule has 0 bridgehead atoms. The topological polar surface area (TPSA) is 49.2 Å². The lowest BCUT2D eigenvalue weighted by Crippen LogP contribution is -2.29. The molecule has 1 fully saturated rings. The Bertz CT molecular complexity index is 274. The summed E-state index contributed by atoms with van der Waals surface area (Å²) in [5.41, 5.74) is 0.979. The number of aliphatic hydroxyl groups excluding tert-OH is 1. The monoisotopic (exact) mass is 193 g/mol. The number of hydrogen-bond acceptors (Lipinski definition) is 4. The molecule has 1 aliphatic carbocycles. The molecule has 1 aromatic heterocycles. The van der Waals surface area contributed by atoms with Crippen LogP contribution < -0.4 is 0 Å². The molecule has 1 saturated carbocycles. The molecule has 2 rings (SSSR count). The second kappa shape index (κ2) is 4.48. The maximum Gasteiger partial charge on any atom is 0.0726 e. The Balaban J connectivity index is 1.93. The van der Waals surface area contributed by atoms with Crippen LogP contribution in [-0.2, 0) is 6.54 Å². The molecule has 4 nitrogen and oxygen atoms in total. The summed E-state index contributed by atoms with van der Waals surface area (Å²) in [7, 11) is 0. The van der Waals surface area contributed by atoms with Crippen LogP contribution in [-0.4, -0.2) is 39.2 Å². The van der Waals surface area contributed by atoms with Gasteiger partial charge in [0.05, 0.1) is 12.3 Å². The quantitative estimate of drug-likeness (QED) is 0.737. The van der Waals surface area contributed by atoms with Gasteiger partial charge in [0.2, 0.25) is 0 Å². The summed E-state index contributed by atoms with van der Waals surface area (Å²) >= 11 is 0. The zero-order valence-corrected chi connectivity index (χ0v) is 8.13. The van der Waals surface area contributed by atoms with Crippen molar-refractivity contribution in [3.63, 3.8) is 0 Å². The Morgan fingerprint density at radius 1 is 1.43 bits per heavy atom. The van der Waals surface area contributed by atoms with Gasteiger partial charge in [-0.1, -0.05) is 0 Å². The van der Waals surface area contributed by atoms with Crippen molar-refractivity contribution in [2.45, 2.75) is 25.4 Å². The van der Waals surface area contributed by atoms with Crippen molar-refractivity contribution < 1.29 is 5.11 Å². The highest BCUT2D eigenvalue weighted by atomic mass is 16.3. The maximum atomic E-state index is 8.91. The summed E-state index contributed by atoms with van der Waals surface area (Å²) < 4.78 is 0. The van der Waals surface area contributed by atoms with E-state index in [1.165, 1.54) is 12.8 Å². The van der Waals surface area contributed by atoms with Crippen LogP contribution in [0.3, 0.4) is 0 Å². The lowest BCUT2D eigenvalue weighted by Gasteiger charge is -2.19. The van der Waals surface area contributed by atoms with Gasteiger partial charge in [0.15, 0.2) is 0 Å². The van der Waals surface area contributed by atoms with Gasteiger partial charge in [-0.3, -0.25) is 14.9 Å². The zero-order chi connectivity index (χ0) is 9.80. The van der Waals surface area contributed by atoms with E-state index in [9.17, 15) is 0 Å². The van der Waals surface area contributed by atoms with Gasteiger partial charge in [0, 0.05) is 37.7 Å². The molecule has 0 radical (unpaired) electrons. The fourth-order valence-electron chi connectivity index (χ4n) is 1.58. The van der Waals surface area contributed by atoms with E-state index in [2.05, 4.69) is 14.9 Å². The van der Waals surface area contributed by atoms with E-state index >= 15 is 0 Å². The van der Waals surface area contributed by atoms with E-state index in [1.54, 1.807) is 18.6 Å². The molecule has 0 aliphatic heterocycles. The molecule has 0 atom stereocenters. The fraction of sp³-hybridized carbons (Fsp3) is 0.600. The molecular weight excluding hydrogens is 178 g/mol. The van der Waals surface area contributed by atoms with E-state index < -0.39 is 0 Å². The van der Waals surface area contributed by atoms with Crippen LogP contribution in [0.25, 0.3) is 0 Å². The van der Waals surface area contributed by atoms with Crippen molar-refractivity contribution in [1.29, 1.82) is 0 Å². The summed E-state index contributed by atoms with van der Waals surface area (Å²) in [6.07, 6.45) is 7.67. The molecule has 1 aromatic rings. The van der Waals surface area contributed by atoms with Crippen LogP contribution in [0.15, 0.2) is 18.6 Å². The van der Waals surface area contributed by atoms with Gasteiger partial charge >= 0.3 is 0 Å². The third-order valence-electron chi connectivity index (χ3n) is 2.43. The first-order chi connectivity index (χ1) is 6.90. The van der Waals surface area contributed by atoms with E-state index in [0.29, 0.717) is 6.04 Å². The highest BCUT2D eigenvalue weighted by Gasteiger charge is 2.28.